The number of benzene rings is 2. The van der Waals surface area contributed by atoms with Crippen LogP contribution in [0.1, 0.15) is 54.4 Å². The number of piperazine rings is 1. The third kappa shape index (κ3) is 7.60. The van der Waals surface area contributed by atoms with Crippen LogP contribution in [0.3, 0.4) is 0 Å². The lowest BCUT2D eigenvalue weighted by Crippen LogP contribution is -2.55. The van der Waals surface area contributed by atoms with Crippen LogP contribution in [0.4, 0.5) is 4.79 Å². The fraction of sp³-hybridized carbons (Fsp3) is 0.481. The number of halogens is 2. The highest BCUT2D eigenvalue weighted by Gasteiger charge is 2.30. The fourth-order valence-corrected chi connectivity index (χ4v) is 5.05. The Labute approximate surface area is 218 Å². The summed E-state index contributed by atoms with van der Waals surface area (Å²) in [6, 6.07) is 15.0. The van der Waals surface area contributed by atoms with Gasteiger partial charge in [-0.05, 0) is 49.2 Å². The van der Waals surface area contributed by atoms with Crippen molar-refractivity contribution in [2.24, 2.45) is 0 Å². The van der Waals surface area contributed by atoms with Crippen LogP contribution in [0.5, 0.6) is 0 Å². The molecule has 1 heterocycles. The Morgan fingerprint density at radius 3 is 2.51 bits per heavy atom. The standard InChI is InChI=1S/C27H35Cl2N3O3/c1-3-4-10-23-19-31(15-16-32(23)27(34)35)14-13-22(21-11-12-24(28)25(29)17-21)18-30(2)26(33)20-8-6-5-7-9-20/h5-9,11-12,17,22-23H,3-4,10,13-16,18-19H2,1-2H3,(H,34,35)/t22-,23?/m1/s1. The number of unbranched alkanes of at least 4 members (excludes halogenated alkanes) is 1. The first-order chi connectivity index (χ1) is 16.8. The molecule has 1 aliphatic heterocycles. The van der Waals surface area contributed by atoms with Crippen molar-refractivity contribution in [2.75, 3.05) is 39.8 Å². The number of rotatable bonds is 10. The van der Waals surface area contributed by atoms with E-state index in [1.165, 1.54) is 0 Å². The summed E-state index contributed by atoms with van der Waals surface area (Å²) in [7, 11) is 1.83. The van der Waals surface area contributed by atoms with Crippen molar-refractivity contribution in [1.29, 1.82) is 0 Å². The maximum atomic E-state index is 13.0. The van der Waals surface area contributed by atoms with Crippen molar-refractivity contribution in [2.45, 2.75) is 44.6 Å². The van der Waals surface area contributed by atoms with Crippen molar-refractivity contribution < 1.29 is 14.7 Å². The lowest BCUT2D eigenvalue weighted by Gasteiger charge is -2.40. The largest absolute Gasteiger partial charge is 0.465 e. The van der Waals surface area contributed by atoms with Gasteiger partial charge in [0.05, 0.1) is 10.0 Å². The molecule has 3 rings (SSSR count). The molecule has 2 aromatic carbocycles. The summed E-state index contributed by atoms with van der Waals surface area (Å²) in [6.07, 6.45) is 2.92. The maximum absolute atomic E-state index is 13.0. The molecule has 1 aliphatic rings. The second kappa shape index (κ2) is 13.1. The molecule has 0 aliphatic carbocycles. The number of nitrogens with zero attached hydrogens (tertiary/aromatic N) is 3. The third-order valence-electron chi connectivity index (χ3n) is 6.77. The molecule has 0 spiro atoms. The molecule has 0 radical (unpaired) electrons. The van der Waals surface area contributed by atoms with E-state index in [1.807, 2.05) is 49.5 Å². The molecule has 0 saturated carbocycles. The predicted molar refractivity (Wildman–Crippen MR) is 142 cm³/mol. The first-order valence-electron chi connectivity index (χ1n) is 12.3. The molecule has 1 saturated heterocycles. The Balaban J connectivity index is 1.71. The molecule has 0 bridgehead atoms. The summed E-state index contributed by atoms with van der Waals surface area (Å²) in [5.74, 6) is 0.0411. The van der Waals surface area contributed by atoms with Crippen molar-refractivity contribution in [1.82, 2.24) is 14.7 Å². The highest BCUT2D eigenvalue weighted by molar-refractivity contribution is 6.42. The van der Waals surface area contributed by atoms with Crippen LogP contribution in [-0.2, 0) is 0 Å². The van der Waals surface area contributed by atoms with Gasteiger partial charge in [-0.2, -0.15) is 0 Å². The predicted octanol–water partition coefficient (Wildman–Crippen LogP) is 6.09. The van der Waals surface area contributed by atoms with Gasteiger partial charge in [0.1, 0.15) is 0 Å². The first kappa shape index (κ1) is 27.3. The van der Waals surface area contributed by atoms with Crippen molar-refractivity contribution in [3.05, 3.63) is 69.7 Å². The molecule has 2 atom stereocenters. The van der Waals surface area contributed by atoms with E-state index in [2.05, 4.69) is 11.8 Å². The summed E-state index contributed by atoms with van der Waals surface area (Å²) in [5, 5.41) is 10.6. The van der Waals surface area contributed by atoms with Crippen LogP contribution in [0.25, 0.3) is 0 Å². The quantitative estimate of drug-likeness (QED) is 0.412. The van der Waals surface area contributed by atoms with Crippen LogP contribution in [0, 0.1) is 0 Å². The zero-order chi connectivity index (χ0) is 25.4. The van der Waals surface area contributed by atoms with Crippen molar-refractivity contribution in [3.63, 3.8) is 0 Å². The lowest BCUT2D eigenvalue weighted by atomic mass is 9.94. The van der Waals surface area contributed by atoms with E-state index in [9.17, 15) is 14.7 Å². The molecule has 6 nitrogen and oxygen atoms in total. The fourth-order valence-electron chi connectivity index (χ4n) is 4.74. The van der Waals surface area contributed by atoms with E-state index in [1.54, 1.807) is 15.9 Å². The van der Waals surface area contributed by atoms with Gasteiger partial charge < -0.3 is 14.9 Å². The van der Waals surface area contributed by atoms with Gasteiger partial charge in [0, 0.05) is 50.7 Å². The minimum absolute atomic E-state index is 0.0203. The second-order valence-corrected chi connectivity index (χ2v) is 10.1. The zero-order valence-corrected chi connectivity index (χ0v) is 22.0. The van der Waals surface area contributed by atoms with Crippen LogP contribution < -0.4 is 0 Å². The molecule has 1 unspecified atom stereocenters. The Morgan fingerprint density at radius 2 is 1.86 bits per heavy atom. The van der Waals surface area contributed by atoms with Crippen LogP contribution in [-0.4, -0.2) is 77.6 Å². The van der Waals surface area contributed by atoms with E-state index >= 15 is 0 Å². The molecule has 2 amide bonds. The summed E-state index contributed by atoms with van der Waals surface area (Å²) in [4.78, 5) is 30.4. The van der Waals surface area contributed by atoms with Gasteiger partial charge in [-0.15, -0.1) is 0 Å². The van der Waals surface area contributed by atoms with Gasteiger partial charge in [-0.1, -0.05) is 67.2 Å². The molecule has 35 heavy (non-hydrogen) atoms. The SMILES string of the molecule is CCCCC1CN(CC[C@H](CN(C)C(=O)c2ccccc2)c2ccc(Cl)c(Cl)c2)CCN1C(=O)O. The monoisotopic (exact) mass is 519 g/mol. The molecule has 1 N–H and O–H groups in total. The smallest absolute Gasteiger partial charge is 0.407 e. The number of carbonyl (C=O) groups excluding carboxylic acids is 1. The topological polar surface area (TPSA) is 64.1 Å². The first-order valence-corrected chi connectivity index (χ1v) is 13.0. The van der Waals surface area contributed by atoms with Gasteiger partial charge in [0.2, 0.25) is 0 Å². The maximum Gasteiger partial charge on any atom is 0.407 e. The summed E-state index contributed by atoms with van der Waals surface area (Å²) in [5.41, 5.74) is 1.70. The van der Waals surface area contributed by atoms with Crippen molar-refractivity contribution >= 4 is 35.2 Å². The number of likely N-dealkylation sites (N-methyl/N-ethyl adjacent to an activating group) is 1. The van der Waals surface area contributed by atoms with E-state index in [-0.39, 0.29) is 17.9 Å². The number of amides is 2. The third-order valence-corrected chi connectivity index (χ3v) is 7.51. The zero-order valence-electron chi connectivity index (χ0n) is 20.5. The molecular weight excluding hydrogens is 485 g/mol. The van der Waals surface area contributed by atoms with Crippen LogP contribution in [0.2, 0.25) is 10.0 Å². The molecule has 1 fully saturated rings. The Kier molecular flexibility index (Phi) is 10.3. The molecule has 2 aromatic rings. The molecular formula is C27H35Cl2N3O3. The van der Waals surface area contributed by atoms with Crippen LogP contribution in [0.15, 0.2) is 48.5 Å². The minimum Gasteiger partial charge on any atom is -0.465 e. The number of carbonyl (C=O) groups is 2. The van der Waals surface area contributed by atoms with E-state index in [0.29, 0.717) is 35.2 Å². The lowest BCUT2D eigenvalue weighted by molar-refractivity contribution is 0.0613. The second-order valence-electron chi connectivity index (χ2n) is 9.28. The van der Waals surface area contributed by atoms with E-state index in [4.69, 9.17) is 23.2 Å². The highest BCUT2D eigenvalue weighted by atomic mass is 35.5. The number of hydrogen-bond acceptors (Lipinski definition) is 3. The van der Waals surface area contributed by atoms with Gasteiger partial charge in [-0.3, -0.25) is 9.69 Å². The molecule has 0 aromatic heterocycles. The Morgan fingerprint density at radius 1 is 1.11 bits per heavy atom. The minimum atomic E-state index is -0.833. The average molecular weight is 521 g/mol. The summed E-state index contributed by atoms with van der Waals surface area (Å²) >= 11 is 12.5. The van der Waals surface area contributed by atoms with Crippen LogP contribution >= 0.6 is 23.2 Å². The van der Waals surface area contributed by atoms with Gasteiger partial charge in [0.15, 0.2) is 0 Å². The van der Waals surface area contributed by atoms with Gasteiger partial charge in [0.25, 0.3) is 5.91 Å². The molecule has 8 heteroatoms. The number of hydrogen-bond donors (Lipinski definition) is 1. The Bertz CT molecular complexity index is 989. The molecule has 190 valence electrons. The van der Waals surface area contributed by atoms with Crippen molar-refractivity contribution in [3.8, 4) is 0 Å². The average Bonchev–Trinajstić information content (AvgIpc) is 2.86. The van der Waals surface area contributed by atoms with E-state index < -0.39 is 6.09 Å². The van der Waals surface area contributed by atoms with E-state index in [0.717, 1.165) is 44.3 Å². The highest BCUT2D eigenvalue weighted by Crippen LogP contribution is 2.29. The Hall–Kier alpha value is -2.28. The normalized spacial score (nSPS) is 17.3. The summed E-state index contributed by atoms with van der Waals surface area (Å²) < 4.78 is 0. The summed E-state index contributed by atoms with van der Waals surface area (Å²) in [6.45, 7) is 5.45. The number of carboxylic acid groups (broad SMARTS) is 1. The van der Waals surface area contributed by atoms with Gasteiger partial charge >= 0.3 is 6.09 Å². The van der Waals surface area contributed by atoms with Gasteiger partial charge in [-0.25, -0.2) is 4.79 Å².